The molecule has 0 amide bonds. The van der Waals surface area contributed by atoms with E-state index in [2.05, 4.69) is 35.3 Å². The number of carbonyl (C=O) groups excluding carboxylic acids is 1. The van der Waals surface area contributed by atoms with Crippen molar-refractivity contribution in [2.75, 3.05) is 0 Å². The fourth-order valence-electron chi connectivity index (χ4n) is 2.54. The van der Waals surface area contributed by atoms with E-state index >= 15 is 0 Å². The average molecular weight is 221 g/mol. The summed E-state index contributed by atoms with van der Waals surface area (Å²) in [5.74, 6) is 0. The Hall–Kier alpha value is -2.18. The van der Waals surface area contributed by atoms with E-state index in [-0.39, 0.29) is 6.04 Å². The summed E-state index contributed by atoms with van der Waals surface area (Å²) in [7, 11) is 0. The number of nitrogens with zero attached hydrogens (tertiary/aromatic N) is 1. The van der Waals surface area contributed by atoms with Crippen LogP contribution in [-0.2, 0) is 4.79 Å². The molecule has 1 unspecified atom stereocenters. The zero-order chi connectivity index (χ0) is 11.8. The van der Waals surface area contributed by atoms with Crippen LogP contribution in [0.5, 0.6) is 0 Å². The van der Waals surface area contributed by atoms with Crippen LogP contribution in [-0.4, -0.2) is 6.08 Å². The molecule has 0 aromatic heterocycles. The van der Waals surface area contributed by atoms with Gasteiger partial charge in [0.15, 0.2) is 0 Å². The van der Waals surface area contributed by atoms with Crippen LogP contribution in [0.4, 0.5) is 0 Å². The molecule has 2 aromatic rings. The van der Waals surface area contributed by atoms with E-state index in [0.29, 0.717) is 0 Å². The fourth-order valence-corrected chi connectivity index (χ4v) is 2.54. The van der Waals surface area contributed by atoms with Gasteiger partial charge in [-0.2, -0.15) is 4.99 Å². The predicted octanol–water partition coefficient (Wildman–Crippen LogP) is 3.63. The molecule has 0 heterocycles. The second-order valence-corrected chi connectivity index (χ2v) is 4.30. The molecule has 0 spiro atoms. The highest BCUT2D eigenvalue weighted by Gasteiger charge is 2.20. The van der Waals surface area contributed by atoms with Crippen LogP contribution in [0.1, 0.15) is 24.1 Å². The number of hydrogen-bond donors (Lipinski definition) is 0. The third-order valence-electron chi connectivity index (χ3n) is 3.26. The Morgan fingerprint density at radius 1 is 1.18 bits per heavy atom. The van der Waals surface area contributed by atoms with Gasteiger partial charge in [0.05, 0.1) is 0 Å². The van der Waals surface area contributed by atoms with E-state index in [1.165, 1.54) is 16.3 Å². The summed E-state index contributed by atoms with van der Waals surface area (Å²) in [6.07, 6.45) is 3.77. The van der Waals surface area contributed by atoms with Crippen LogP contribution in [0.2, 0.25) is 0 Å². The first-order valence-corrected chi connectivity index (χ1v) is 5.58. The van der Waals surface area contributed by atoms with Gasteiger partial charge in [-0.15, -0.1) is 0 Å². The Morgan fingerprint density at radius 3 is 2.71 bits per heavy atom. The van der Waals surface area contributed by atoms with Crippen molar-refractivity contribution in [3.63, 3.8) is 0 Å². The molecule has 0 N–H and O–H groups in total. The van der Waals surface area contributed by atoms with Crippen LogP contribution < -0.4 is 0 Å². The van der Waals surface area contributed by atoms with Crippen LogP contribution in [0, 0.1) is 0 Å². The Balaban J connectivity index is 2.42. The first kappa shape index (κ1) is 10.0. The minimum Gasteiger partial charge on any atom is -0.211 e. The van der Waals surface area contributed by atoms with E-state index in [4.69, 9.17) is 0 Å². The highest BCUT2D eigenvalue weighted by molar-refractivity contribution is 5.96. The van der Waals surface area contributed by atoms with Crippen LogP contribution in [0.25, 0.3) is 16.8 Å². The lowest BCUT2D eigenvalue weighted by atomic mass is 9.86. The summed E-state index contributed by atoms with van der Waals surface area (Å²) in [4.78, 5) is 14.4. The van der Waals surface area contributed by atoms with Crippen molar-refractivity contribution in [3.8, 4) is 0 Å². The molecule has 0 bridgehead atoms. The van der Waals surface area contributed by atoms with E-state index in [1.54, 1.807) is 6.08 Å². The molecule has 1 aliphatic rings. The monoisotopic (exact) mass is 221 g/mol. The largest absolute Gasteiger partial charge is 0.235 e. The van der Waals surface area contributed by atoms with Crippen molar-refractivity contribution in [2.24, 2.45) is 4.99 Å². The number of isocyanates is 1. The molecule has 1 aliphatic carbocycles. The Morgan fingerprint density at radius 2 is 1.94 bits per heavy atom. The van der Waals surface area contributed by atoms with E-state index in [9.17, 15) is 4.79 Å². The topological polar surface area (TPSA) is 29.4 Å². The quantitative estimate of drug-likeness (QED) is 0.534. The molecule has 0 saturated heterocycles. The summed E-state index contributed by atoms with van der Waals surface area (Å²) >= 11 is 0. The van der Waals surface area contributed by atoms with Gasteiger partial charge in [0.1, 0.15) is 6.04 Å². The third-order valence-corrected chi connectivity index (χ3v) is 3.26. The maximum atomic E-state index is 10.5. The van der Waals surface area contributed by atoms with Crippen LogP contribution in [0.15, 0.2) is 47.0 Å². The van der Waals surface area contributed by atoms with Gasteiger partial charge in [0, 0.05) is 0 Å². The molecular weight excluding hydrogens is 210 g/mol. The number of hydrogen-bond acceptors (Lipinski definition) is 2. The first-order valence-electron chi connectivity index (χ1n) is 5.58. The number of rotatable bonds is 1. The Labute approximate surface area is 99.3 Å². The highest BCUT2D eigenvalue weighted by Crippen LogP contribution is 2.38. The molecular formula is C15H11NO. The van der Waals surface area contributed by atoms with Crippen molar-refractivity contribution in [1.82, 2.24) is 0 Å². The SMILES string of the molecule is CC1=Cc2cccc3cccc(c23)C1N=C=O. The van der Waals surface area contributed by atoms with E-state index in [1.807, 2.05) is 19.1 Å². The minimum absolute atomic E-state index is 0.175. The molecule has 0 aliphatic heterocycles. The Kier molecular flexibility index (Phi) is 2.17. The zero-order valence-electron chi connectivity index (χ0n) is 9.47. The molecule has 0 saturated carbocycles. The van der Waals surface area contributed by atoms with Gasteiger partial charge < -0.3 is 0 Å². The van der Waals surface area contributed by atoms with Gasteiger partial charge in [0.25, 0.3) is 0 Å². The first-order chi connectivity index (χ1) is 8.31. The lowest BCUT2D eigenvalue weighted by Gasteiger charge is -2.21. The summed E-state index contributed by atoms with van der Waals surface area (Å²) in [6.45, 7) is 2.00. The summed E-state index contributed by atoms with van der Waals surface area (Å²) in [6, 6.07) is 12.2. The summed E-state index contributed by atoms with van der Waals surface area (Å²) in [5.41, 5.74) is 3.38. The van der Waals surface area contributed by atoms with Crippen LogP contribution in [0.3, 0.4) is 0 Å². The minimum atomic E-state index is -0.175. The molecule has 82 valence electrons. The lowest BCUT2D eigenvalue weighted by molar-refractivity contribution is 0.560. The van der Waals surface area contributed by atoms with Gasteiger partial charge in [-0.25, -0.2) is 4.79 Å². The molecule has 0 radical (unpaired) electrons. The second-order valence-electron chi connectivity index (χ2n) is 4.30. The molecule has 2 nitrogen and oxygen atoms in total. The zero-order valence-corrected chi connectivity index (χ0v) is 9.47. The average Bonchev–Trinajstić information content (AvgIpc) is 2.34. The standard InChI is InChI=1S/C15H11NO/c1-10-8-12-6-2-4-11-5-3-7-13(14(11)12)15(10)16-9-17/h2-8,15H,1H3. The van der Waals surface area contributed by atoms with Crippen molar-refractivity contribution < 1.29 is 4.79 Å². The van der Waals surface area contributed by atoms with E-state index in [0.717, 1.165) is 11.1 Å². The highest BCUT2D eigenvalue weighted by atomic mass is 16.1. The van der Waals surface area contributed by atoms with Gasteiger partial charge >= 0.3 is 0 Å². The molecule has 2 aromatic carbocycles. The second kappa shape index (κ2) is 3.69. The van der Waals surface area contributed by atoms with Crippen molar-refractivity contribution >= 4 is 22.9 Å². The Bertz CT molecular complexity index is 673. The summed E-state index contributed by atoms with van der Waals surface area (Å²) < 4.78 is 0. The summed E-state index contributed by atoms with van der Waals surface area (Å²) in [5, 5.41) is 2.39. The van der Waals surface area contributed by atoms with Crippen molar-refractivity contribution in [2.45, 2.75) is 13.0 Å². The smallest absolute Gasteiger partial charge is 0.211 e. The third kappa shape index (κ3) is 1.42. The molecule has 17 heavy (non-hydrogen) atoms. The van der Waals surface area contributed by atoms with Gasteiger partial charge in [-0.1, -0.05) is 42.5 Å². The van der Waals surface area contributed by atoms with Crippen molar-refractivity contribution in [1.29, 1.82) is 0 Å². The van der Waals surface area contributed by atoms with Crippen LogP contribution >= 0.6 is 0 Å². The van der Waals surface area contributed by atoms with E-state index < -0.39 is 0 Å². The lowest BCUT2D eigenvalue weighted by Crippen LogP contribution is -2.03. The predicted molar refractivity (Wildman–Crippen MR) is 68.5 cm³/mol. The van der Waals surface area contributed by atoms with Gasteiger partial charge in [-0.05, 0) is 34.4 Å². The molecule has 2 heteroatoms. The fraction of sp³-hybridized carbons (Fsp3) is 0.133. The van der Waals surface area contributed by atoms with Gasteiger partial charge in [-0.3, -0.25) is 0 Å². The molecule has 1 atom stereocenters. The normalized spacial score (nSPS) is 17.5. The molecule has 3 rings (SSSR count). The number of aliphatic imine (C=N–C) groups is 1. The maximum Gasteiger partial charge on any atom is 0.235 e. The van der Waals surface area contributed by atoms with Crippen molar-refractivity contribution in [3.05, 3.63) is 53.1 Å². The van der Waals surface area contributed by atoms with Gasteiger partial charge in [0.2, 0.25) is 6.08 Å². The maximum absolute atomic E-state index is 10.5. The number of benzene rings is 2. The molecule has 0 fully saturated rings.